The summed E-state index contributed by atoms with van der Waals surface area (Å²) < 4.78 is 7.18. The van der Waals surface area contributed by atoms with Gasteiger partial charge >= 0.3 is 0 Å². The smallest absolute Gasteiger partial charge is 0.274 e. The second-order valence-electron chi connectivity index (χ2n) is 7.46. The van der Waals surface area contributed by atoms with Crippen molar-refractivity contribution in [1.29, 1.82) is 0 Å². The molecule has 1 atom stereocenters. The molecule has 2 saturated heterocycles. The molecule has 0 spiro atoms. The summed E-state index contributed by atoms with van der Waals surface area (Å²) in [6.45, 7) is 6.34. The zero-order valence-corrected chi connectivity index (χ0v) is 17.4. The first-order valence-electron chi connectivity index (χ1n) is 9.84. The molecule has 29 heavy (non-hydrogen) atoms. The molecular formula is C20H24ClN5O3. The third kappa shape index (κ3) is 4.00. The van der Waals surface area contributed by atoms with E-state index in [-0.39, 0.29) is 23.6 Å². The van der Waals surface area contributed by atoms with Gasteiger partial charge in [-0.05, 0) is 44.9 Å². The third-order valence-electron chi connectivity index (χ3n) is 5.34. The van der Waals surface area contributed by atoms with E-state index < -0.39 is 0 Å². The summed E-state index contributed by atoms with van der Waals surface area (Å²) in [7, 11) is 0. The van der Waals surface area contributed by atoms with Crippen molar-refractivity contribution in [3.8, 4) is 5.82 Å². The Morgan fingerprint density at radius 2 is 1.86 bits per heavy atom. The van der Waals surface area contributed by atoms with Gasteiger partial charge in [-0.15, -0.1) is 0 Å². The third-order valence-corrected chi connectivity index (χ3v) is 5.65. The first-order chi connectivity index (χ1) is 13.9. The summed E-state index contributed by atoms with van der Waals surface area (Å²) in [5, 5.41) is 4.72. The highest BCUT2D eigenvalue weighted by molar-refractivity contribution is 6.33. The maximum absolute atomic E-state index is 13.0. The van der Waals surface area contributed by atoms with E-state index in [1.165, 1.54) is 0 Å². The van der Waals surface area contributed by atoms with Crippen molar-refractivity contribution < 1.29 is 14.3 Å². The molecule has 2 aliphatic rings. The monoisotopic (exact) mass is 417 g/mol. The molecule has 1 unspecified atom stereocenters. The van der Waals surface area contributed by atoms with E-state index in [0.29, 0.717) is 43.6 Å². The normalized spacial score (nSPS) is 19.6. The number of aromatic nitrogens is 3. The van der Waals surface area contributed by atoms with Crippen LogP contribution in [0.3, 0.4) is 0 Å². The number of ether oxygens (including phenoxy) is 1. The van der Waals surface area contributed by atoms with Gasteiger partial charge in [-0.3, -0.25) is 9.59 Å². The van der Waals surface area contributed by atoms with E-state index in [1.807, 2.05) is 19.9 Å². The highest BCUT2D eigenvalue weighted by Gasteiger charge is 2.32. The number of amides is 2. The molecule has 0 N–H and O–H groups in total. The summed E-state index contributed by atoms with van der Waals surface area (Å²) in [6, 6.07) is 5.36. The summed E-state index contributed by atoms with van der Waals surface area (Å²) in [5.41, 5.74) is 2.01. The molecule has 4 rings (SSSR count). The topological polar surface area (TPSA) is 80.6 Å². The van der Waals surface area contributed by atoms with Gasteiger partial charge < -0.3 is 14.5 Å². The molecule has 0 saturated carbocycles. The van der Waals surface area contributed by atoms with Crippen molar-refractivity contribution in [1.82, 2.24) is 24.6 Å². The van der Waals surface area contributed by atoms with Gasteiger partial charge in [0, 0.05) is 38.5 Å². The number of pyridine rings is 1. The second-order valence-corrected chi connectivity index (χ2v) is 7.87. The molecule has 0 aliphatic carbocycles. The zero-order chi connectivity index (χ0) is 20.5. The van der Waals surface area contributed by atoms with E-state index in [0.717, 1.165) is 24.2 Å². The van der Waals surface area contributed by atoms with Gasteiger partial charge in [0.25, 0.3) is 11.8 Å². The second kappa shape index (κ2) is 8.12. The molecule has 2 fully saturated rings. The van der Waals surface area contributed by atoms with Gasteiger partial charge in [-0.1, -0.05) is 11.6 Å². The van der Waals surface area contributed by atoms with E-state index in [1.54, 1.807) is 26.6 Å². The molecule has 0 aromatic carbocycles. The van der Waals surface area contributed by atoms with Crippen LogP contribution in [0.25, 0.3) is 5.82 Å². The van der Waals surface area contributed by atoms with Crippen LogP contribution < -0.4 is 0 Å². The minimum atomic E-state index is -0.328. The van der Waals surface area contributed by atoms with Crippen LogP contribution in [-0.2, 0) is 9.53 Å². The average molecular weight is 418 g/mol. The summed E-state index contributed by atoms with van der Waals surface area (Å²) in [6.07, 6.45) is 1.37. The van der Waals surface area contributed by atoms with Gasteiger partial charge in [0.1, 0.15) is 11.8 Å². The Hall–Kier alpha value is -2.45. The molecule has 0 bridgehead atoms. The molecule has 4 heterocycles. The molecule has 0 radical (unpaired) electrons. The first-order valence-corrected chi connectivity index (χ1v) is 10.2. The van der Waals surface area contributed by atoms with Crippen molar-refractivity contribution in [3.63, 3.8) is 0 Å². The van der Waals surface area contributed by atoms with E-state index in [9.17, 15) is 9.59 Å². The maximum Gasteiger partial charge on any atom is 0.274 e. The number of halogens is 1. The number of rotatable bonds is 3. The van der Waals surface area contributed by atoms with Crippen molar-refractivity contribution in [2.24, 2.45) is 0 Å². The fraction of sp³-hybridized carbons (Fsp3) is 0.500. The number of carbonyl (C=O) groups is 2. The SMILES string of the molecule is Cc1cc(C)n(-c2ccc(Cl)c(C(=O)N3CCN(C(=O)C4CCCO4)CC3)n2)n1. The molecule has 8 nitrogen and oxygen atoms in total. The lowest BCUT2D eigenvalue weighted by Gasteiger charge is -2.35. The molecule has 2 aliphatic heterocycles. The molecule has 154 valence electrons. The summed E-state index contributed by atoms with van der Waals surface area (Å²) >= 11 is 6.29. The molecule has 2 amide bonds. The number of carbonyl (C=O) groups excluding carboxylic acids is 2. The van der Waals surface area contributed by atoms with Gasteiger partial charge in [-0.25, -0.2) is 9.67 Å². The van der Waals surface area contributed by atoms with Gasteiger partial charge in [0.15, 0.2) is 5.82 Å². The van der Waals surface area contributed by atoms with Crippen LogP contribution in [0.2, 0.25) is 5.02 Å². The quantitative estimate of drug-likeness (QED) is 0.763. The van der Waals surface area contributed by atoms with Crippen molar-refractivity contribution in [2.45, 2.75) is 32.8 Å². The molecular weight excluding hydrogens is 394 g/mol. The zero-order valence-electron chi connectivity index (χ0n) is 16.6. The number of hydrogen-bond donors (Lipinski definition) is 0. The van der Waals surface area contributed by atoms with Crippen molar-refractivity contribution in [2.75, 3.05) is 32.8 Å². The predicted molar refractivity (Wildman–Crippen MR) is 107 cm³/mol. The maximum atomic E-state index is 13.0. The highest BCUT2D eigenvalue weighted by atomic mass is 35.5. The van der Waals surface area contributed by atoms with Gasteiger partial charge in [0.2, 0.25) is 0 Å². The van der Waals surface area contributed by atoms with E-state index >= 15 is 0 Å². The fourth-order valence-electron chi connectivity index (χ4n) is 3.82. The highest BCUT2D eigenvalue weighted by Crippen LogP contribution is 2.21. The minimum absolute atomic E-state index is 0.0253. The Bertz CT molecular complexity index is 930. The van der Waals surface area contributed by atoms with Crippen molar-refractivity contribution in [3.05, 3.63) is 40.3 Å². The Balaban J connectivity index is 1.47. The van der Waals surface area contributed by atoms with E-state index in [2.05, 4.69) is 10.1 Å². The van der Waals surface area contributed by atoms with Crippen molar-refractivity contribution >= 4 is 23.4 Å². The standard InChI is InChI=1S/C20H24ClN5O3/c1-13-12-14(2)26(23-13)17-6-5-15(21)18(22-17)20(28)25-9-7-24(8-10-25)19(27)16-4-3-11-29-16/h5-6,12,16H,3-4,7-11H2,1-2H3. The largest absolute Gasteiger partial charge is 0.368 e. The van der Waals surface area contributed by atoms with E-state index in [4.69, 9.17) is 16.3 Å². The number of aryl methyl sites for hydroxylation is 2. The lowest BCUT2D eigenvalue weighted by atomic mass is 10.2. The van der Waals surface area contributed by atoms with Crippen LogP contribution in [0, 0.1) is 13.8 Å². The van der Waals surface area contributed by atoms with Crippen LogP contribution in [0.15, 0.2) is 18.2 Å². The molecule has 2 aromatic heterocycles. The summed E-state index contributed by atoms with van der Waals surface area (Å²) in [5.74, 6) is 0.343. The number of nitrogens with zero attached hydrogens (tertiary/aromatic N) is 5. The fourth-order valence-corrected chi connectivity index (χ4v) is 4.00. The Morgan fingerprint density at radius 1 is 1.14 bits per heavy atom. The number of piperazine rings is 1. The van der Waals surface area contributed by atoms with Crippen LogP contribution in [0.4, 0.5) is 0 Å². The first kappa shape index (κ1) is 19.8. The number of hydrogen-bond acceptors (Lipinski definition) is 5. The summed E-state index contributed by atoms with van der Waals surface area (Å²) in [4.78, 5) is 33.5. The van der Waals surface area contributed by atoms with Crippen LogP contribution in [0.5, 0.6) is 0 Å². The minimum Gasteiger partial charge on any atom is -0.368 e. The Morgan fingerprint density at radius 3 is 2.48 bits per heavy atom. The van der Waals surface area contributed by atoms with Gasteiger partial charge in [0.05, 0.1) is 10.7 Å². The van der Waals surface area contributed by atoms with Gasteiger partial charge in [-0.2, -0.15) is 5.10 Å². The van der Waals surface area contributed by atoms with Crippen LogP contribution >= 0.6 is 11.6 Å². The lowest BCUT2D eigenvalue weighted by molar-refractivity contribution is -0.142. The molecule has 9 heteroatoms. The Kier molecular flexibility index (Phi) is 5.56. The van der Waals surface area contributed by atoms with Crippen LogP contribution in [-0.4, -0.2) is 75.3 Å². The van der Waals surface area contributed by atoms with Crippen LogP contribution in [0.1, 0.15) is 34.7 Å². The average Bonchev–Trinajstić information content (AvgIpc) is 3.37. The molecule has 2 aromatic rings. The Labute approximate surface area is 174 Å². The predicted octanol–water partition coefficient (Wildman–Crippen LogP) is 2.00. The lowest BCUT2D eigenvalue weighted by Crippen LogP contribution is -2.53.